The number of carboxylic acids is 2. The molecule has 0 bridgehead atoms. The first-order valence-corrected chi connectivity index (χ1v) is 7.05. The lowest BCUT2D eigenvalue weighted by molar-refractivity contribution is -0.140. The highest BCUT2D eigenvalue weighted by molar-refractivity contribution is 5.83. The molecule has 8 heteroatoms. The van der Waals surface area contributed by atoms with Crippen LogP contribution in [0.2, 0.25) is 0 Å². The third kappa shape index (κ3) is 5.58. The molecular weight excluding hydrogens is 278 g/mol. The number of hydrogen-bond donors (Lipinski definition) is 3. The molecule has 1 heterocycles. The second-order valence-corrected chi connectivity index (χ2v) is 5.39. The van der Waals surface area contributed by atoms with Crippen LogP contribution in [0, 0.1) is 0 Å². The van der Waals surface area contributed by atoms with Crippen molar-refractivity contribution in [2.24, 2.45) is 0 Å². The van der Waals surface area contributed by atoms with E-state index in [4.69, 9.17) is 10.2 Å². The van der Waals surface area contributed by atoms with Gasteiger partial charge in [-0.05, 0) is 20.3 Å². The number of carboxylic acid groups (broad SMARTS) is 2. The van der Waals surface area contributed by atoms with Crippen molar-refractivity contribution < 1.29 is 24.6 Å². The summed E-state index contributed by atoms with van der Waals surface area (Å²) in [5.41, 5.74) is 0. The Morgan fingerprint density at radius 2 is 1.67 bits per heavy atom. The number of carbonyl (C=O) groups excluding carboxylic acids is 1. The fraction of sp³-hybridized carbons (Fsp3) is 0.769. The van der Waals surface area contributed by atoms with E-state index in [0.717, 1.165) is 13.1 Å². The fourth-order valence-corrected chi connectivity index (χ4v) is 2.21. The van der Waals surface area contributed by atoms with E-state index in [9.17, 15) is 14.4 Å². The maximum Gasteiger partial charge on any atom is 0.326 e. The lowest BCUT2D eigenvalue weighted by Crippen LogP contribution is -2.55. The molecule has 0 aliphatic carbocycles. The molecule has 0 saturated carbocycles. The lowest BCUT2D eigenvalue weighted by atomic mass is 10.1. The van der Waals surface area contributed by atoms with Crippen molar-refractivity contribution in [3.05, 3.63) is 0 Å². The van der Waals surface area contributed by atoms with Gasteiger partial charge >= 0.3 is 18.0 Å². The predicted octanol–water partition coefficient (Wildman–Crippen LogP) is 0.0400. The van der Waals surface area contributed by atoms with Gasteiger partial charge in [-0.2, -0.15) is 0 Å². The predicted molar refractivity (Wildman–Crippen MR) is 75.1 cm³/mol. The summed E-state index contributed by atoms with van der Waals surface area (Å²) in [6.07, 6.45) is -0.416. The molecule has 120 valence electrons. The second kappa shape index (κ2) is 7.82. The SMILES string of the molecule is CC(C)N1CCN(C(=O)NC(CCC(=O)O)C(=O)O)CC1. The van der Waals surface area contributed by atoms with E-state index >= 15 is 0 Å². The van der Waals surface area contributed by atoms with Crippen molar-refractivity contribution in [2.45, 2.75) is 38.8 Å². The van der Waals surface area contributed by atoms with Crippen LogP contribution in [0.3, 0.4) is 0 Å². The summed E-state index contributed by atoms with van der Waals surface area (Å²) in [4.78, 5) is 37.4. The van der Waals surface area contributed by atoms with E-state index in [-0.39, 0.29) is 12.8 Å². The molecule has 0 aromatic heterocycles. The molecule has 1 aliphatic heterocycles. The number of nitrogens with one attached hydrogen (secondary N) is 1. The maximum absolute atomic E-state index is 12.0. The minimum Gasteiger partial charge on any atom is -0.481 e. The Kier molecular flexibility index (Phi) is 6.41. The van der Waals surface area contributed by atoms with Gasteiger partial charge in [0.25, 0.3) is 0 Å². The van der Waals surface area contributed by atoms with E-state index in [0.29, 0.717) is 19.1 Å². The van der Waals surface area contributed by atoms with Crippen LogP contribution in [0.5, 0.6) is 0 Å². The van der Waals surface area contributed by atoms with Crippen molar-refractivity contribution >= 4 is 18.0 Å². The molecule has 1 atom stereocenters. The van der Waals surface area contributed by atoms with Crippen LogP contribution in [0.25, 0.3) is 0 Å². The largest absolute Gasteiger partial charge is 0.481 e. The molecule has 0 radical (unpaired) electrons. The molecule has 3 N–H and O–H groups in total. The Bertz CT molecular complexity index is 391. The highest BCUT2D eigenvalue weighted by Gasteiger charge is 2.26. The van der Waals surface area contributed by atoms with E-state index in [1.807, 2.05) is 0 Å². The number of piperazine rings is 1. The number of rotatable bonds is 6. The van der Waals surface area contributed by atoms with Crippen molar-refractivity contribution in [2.75, 3.05) is 26.2 Å². The van der Waals surface area contributed by atoms with Gasteiger partial charge in [0.1, 0.15) is 6.04 Å². The summed E-state index contributed by atoms with van der Waals surface area (Å²) in [7, 11) is 0. The summed E-state index contributed by atoms with van der Waals surface area (Å²) in [5.74, 6) is -2.30. The first-order chi connectivity index (χ1) is 9.81. The lowest BCUT2D eigenvalue weighted by Gasteiger charge is -2.37. The van der Waals surface area contributed by atoms with Crippen LogP contribution in [0.15, 0.2) is 0 Å². The van der Waals surface area contributed by atoms with Crippen LogP contribution in [0.1, 0.15) is 26.7 Å². The molecule has 0 spiro atoms. The number of hydrogen-bond acceptors (Lipinski definition) is 4. The van der Waals surface area contributed by atoms with Gasteiger partial charge in [0.2, 0.25) is 0 Å². The topological polar surface area (TPSA) is 110 Å². The molecule has 8 nitrogen and oxygen atoms in total. The number of nitrogens with zero attached hydrogens (tertiary/aromatic N) is 2. The summed E-state index contributed by atoms with van der Waals surface area (Å²) >= 11 is 0. The van der Waals surface area contributed by atoms with Gasteiger partial charge in [0, 0.05) is 38.6 Å². The third-order valence-electron chi connectivity index (χ3n) is 3.57. The minimum atomic E-state index is -1.22. The summed E-state index contributed by atoms with van der Waals surface area (Å²) in [6, 6.07) is -1.20. The monoisotopic (exact) mass is 301 g/mol. The number of aliphatic carboxylic acids is 2. The first kappa shape index (κ1) is 17.2. The standard InChI is InChI=1S/C13H23N3O5/c1-9(2)15-5-7-16(8-6-15)13(21)14-10(12(19)20)3-4-11(17)18/h9-10H,3-8H2,1-2H3,(H,14,21)(H,17,18)(H,19,20). The van der Waals surface area contributed by atoms with Gasteiger partial charge < -0.3 is 20.4 Å². The van der Waals surface area contributed by atoms with Crippen molar-refractivity contribution in [3.8, 4) is 0 Å². The normalized spacial score (nSPS) is 17.6. The molecule has 21 heavy (non-hydrogen) atoms. The zero-order chi connectivity index (χ0) is 16.0. The molecule has 0 aromatic carbocycles. The highest BCUT2D eigenvalue weighted by atomic mass is 16.4. The Labute approximate surface area is 123 Å². The molecule has 2 amide bonds. The maximum atomic E-state index is 12.0. The summed E-state index contributed by atoms with van der Waals surface area (Å²) < 4.78 is 0. The van der Waals surface area contributed by atoms with Crippen molar-refractivity contribution in [1.82, 2.24) is 15.1 Å². The van der Waals surface area contributed by atoms with E-state index < -0.39 is 24.0 Å². The van der Waals surface area contributed by atoms with Crippen molar-refractivity contribution in [1.29, 1.82) is 0 Å². The van der Waals surface area contributed by atoms with Crippen LogP contribution in [-0.2, 0) is 9.59 Å². The molecule has 1 aliphatic rings. The van der Waals surface area contributed by atoms with Gasteiger partial charge in [-0.25, -0.2) is 9.59 Å². The molecule has 1 saturated heterocycles. The summed E-state index contributed by atoms with van der Waals surface area (Å²) in [6.45, 7) is 6.74. The molecule has 0 aromatic rings. The Hall–Kier alpha value is -1.83. The average molecular weight is 301 g/mol. The Balaban J connectivity index is 2.47. The van der Waals surface area contributed by atoms with Crippen LogP contribution < -0.4 is 5.32 Å². The second-order valence-electron chi connectivity index (χ2n) is 5.39. The molecule has 1 unspecified atom stereocenters. The first-order valence-electron chi connectivity index (χ1n) is 7.05. The van der Waals surface area contributed by atoms with Gasteiger partial charge in [-0.3, -0.25) is 9.69 Å². The van der Waals surface area contributed by atoms with Crippen LogP contribution >= 0.6 is 0 Å². The average Bonchev–Trinajstić information content (AvgIpc) is 2.42. The van der Waals surface area contributed by atoms with Crippen LogP contribution in [-0.4, -0.2) is 76.2 Å². The highest BCUT2D eigenvalue weighted by Crippen LogP contribution is 2.07. The number of amides is 2. The Morgan fingerprint density at radius 3 is 2.10 bits per heavy atom. The van der Waals surface area contributed by atoms with E-state index in [2.05, 4.69) is 24.1 Å². The molecule has 1 fully saturated rings. The van der Waals surface area contributed by atoms with Gasteiger partial charge in [0.05, 0.1) is 0 Å². The Morgan fingerprint density at radius 1 is 1.10 bits per heavy atom. The minimum absolute atomic E-state index is 0.123. The molecular formula is C13H23N3O5. The zero-order valence-corrected chi connectivity index (χ0v) is 12.4. The third-order valence-corrected chi connectivity index (χ3v) is 3.57. The zero-order valence-electron chi connectivity index (χ0n) is 12.4. The van der Waals surface area contributed by atoms with E-state index in [1.165, 1.54) is 0 Å². The van der Waals surface area contributed by atoms with Gasteiger partial charge in [0.15, 0.2) is 0 Å². The smallest absolute Gasteiger partial charge is 0.326 e. The van der Waals surface area contributed by atoms with Gasteiger partial charge in [-0.1, -0.05) is 0 Å². The number of urea groups is 1. The van der Waals surface area contributed by atoms with Crippen molar-refractivity contribution in [3.63, 3.8) is 0 Å². The molecule has 1 rings (SSSR count). The summed E-state index contributed by atoms with van der Waals surface area (Å²) in [5, 5.41) is 20.0. The quantitative estimate of drug-likeness (QED) is 0.639. The van der Waals surface area contributed by atoms with Crippen LogP contribution in [0.4, 0.5) is 4.79 Å². The number of carbonyl (C=O) groups is 3. The van der Waals surface area contributed by atoms with Gasteiger partial charge in [-0.15, -0.1) is 0 Å². The fourth-order valence-electron chi connectivity index (χ4n) is 2.21. The van der Waals surface area contributed by atoms with E-state index in [1.54, 1.807) is 4.90 Å².